The summed E-state index contributed by atoms with van der Waals surface area (Å²) in [5.74, 6) is 0.175. The molecule has 3 aromatic carbocycles. The van der Waals surface area contributed by atoms with E-state index in [9.17, 15) is 8.42 Å². The highest BCUT2D eigenvalue weighted by Crippen LogP contribution is 2.37. The van der Waals surface area contributed by atoms with Crippen molar-refractivity contribution >= 4 is 44.3 Å². The van der Waals surface area contributed by atoms with Crippen LogP contribution in [-0.2, 0) is 10.2 Å². The molecular weight excluding hydrogens is 491 g/mol. The number of hydrogen-bond donors (Lipinski definition) is 2. The zero-order valence-corrected chi connectivity index (χ0v) is 20.6. The molecule has 0 unspecified atom stereocenters. The van der Waals surface area contributed by atoms with Gasteiger partial charge in [0.15, 0.2) is 0 Å². The van der Waals surface area contributed by atoms with Gasteiger partial charge in [0.25, 0.3) is 10.2 Å². The van der Waals surface area contributed by atoms with Crippen LogP contribution in [0, 0.1) is 0 Å². The third-order valence-corrected chi connectivity index (χ3v) is 8.16. The number of fused-ring (bicyclic) bond motifs is 1. The summed E-state index contributed by atoms with van der Waals surface area (Å²) in [6.07, 6.45) is 1.38. The van der Waals surface area contributed by atoms with Crippen molar-refractivity contribution in [2.75, 3.05) is 13.1 Å². The summed E-state index contributed by atoms with van der Waals surface area (Å²) in [4.78, 5) is 0. The number of H-pyrrole nitrogens is 1. The lowest BCUT2D eigenvalue weighted by Gasteiger charge is -2.29. The van der Waals surface area contributed by atoms with Crippen molar-refractivity contribution in [3.8, 4) is 0 Å². The largest absolute Gasteiger partial charge is 0.281 e. The van der Waals surface area contributed by atoms with Crippen LogP contribution in [0.25, 0.3) is 10.9 Å². The molecule has 1 aliphatic heterocycles. The number of piperidine rings is 1. The predicted octanol–water partition coefficient (Wildman–Crippen LogP) is 5.43. The average Bonchev–Trinajstić information content (AvgIpc) is 3.25. The Morgan fingerprint density at radius 2 is 1.41 bits per heavy atom. The Bertz CT molecular complexity index is 1370. The molecule has 6 nitrogen and oxygen atoms in total. The molecule has 9 heteroatoms. The number of nitrogens with two attached hydrogens (primary N) is 1. The van der Waals surface area contributed by atoms with Crippen molar-refractivity contribution in [1.82, 2.24) is 14.5 Å². The highest BCUT2D eigenvalue weighted by molar-refractivity contribution is 7.86. The standard InChI is InChI=1S/C25H24Cl2N4O2S/c26-20-6-1-16(2-7-20)24(17-3-8-21(27)9-4-17)19-5-10-23-22(15-19)25(30-29-23)18-11-13-31(14-12-18)34(28,32)33/h1-10,15,18,24H,11-14H2,(H,29,30)(H2,28,32,33). The van der Waals surface area contributed by atoms with Crippen LogP contribution in [0.3, 0.4) is 0 Å². The molecule has 0 bridgehead atoms. The quantitative estimate of drug-likeness (QED) is 0.347. The summed E-state index contributed by atoms with van der Waals surface area (Å²) < 4.78 is 24.7. The molecule has 1 aliphatic rings. The van der Waals surface area contributed by atoms with E-state index in [0.717, 1.165) is 33.3 Å². The van der Waals surface area contributed by atoms with Crippen LogP contribution in [0.2, 0.25) is 10.0 Å². The minimum Gasteiger partial charge on any atom is -0.281 e. The van der Waals surface area contributed by atoms with Gasteiger partial charge in [-0.05, 0) is 65.9 Å². The molecule has 0 atom stereocenters. The molecule has 1 saturated heterocycles. The number of nitrogens with zero attached hydrogens (tertiary/aromatic N) is 2. The van der Waals surface area contributed by atoms with Crippen LogP contribution in [0.4, 0.5) is 0 Å². The number of aromatic nitrogens is 2. The zero-order chi connectivity index (χ0) is 23.9. The number of halogens is 2. The van der Waals surface area contributed by atoms with Gasteiger partial charge in [-0.25, -0.2) is 5.14 Å². The third kappa shape index (κ3) is 4.72. The van der Waals surface area contributed by atoms with Crippen LogP contribution < -0.4 is 5.14 Å². The molecule has 5 rings (SSSR count). The molecule has 0 saturated carbocycles. The topological polar surface area (TPSA) is 92.1 Å². The second-order valence-corrected chi connectivity index (χ2v) is 11.1. The molecule has 0 spiro atoms. The van der Waals surface area contributed by atoms with Gasteiger partial charge in [-0.3, -0.25) is 5.10 Å². The fourth-order valence-electron chi connectivity index (χ4n) is 4.83. The van der Waals surface area contributed by atoms with Crippen LogP contribution in [0.1, 0.15) is 47.1 Å². The van der Waals surface area contributed by atoms with Gasteiger partial charge in [0.05, 0.1) is 5.52 Å². The Morgan fingerprint density at radius 3 is 1.94 bits per heavy atom. The van der Waals surface area contributed by atoms with Gasteiger partial charge in [-0.1, -0.05) is 53.5 Å². The molecule has 0 radical (unpaired) electrons. The van der Waals surface area contributed by atoms with E-state index in [0.29, 0.717) is 36.0 Å². The Kier molecular flexibility index (Phi) is 6.39. The van der Waals surface area contributed by atoms with Crippen LogP contribution >= 0.6 is 23.2 Å². The van der Waals surface area contributed by atoms with E-state index >= 15 is 0 Å². The Labute approximate surface area is 208 Å². The Hall–Kier alpha value is -2.42. The fourth-order valence-corrected chi connectivity index (χ4v) is 5.80. The minimum absolute atomic E-state index is 0.00841. The van der Waals surface area contributed by atoms with Crippen molar-refractivity contribution < 1.29 is 8.42 Å². The Balaban J connectivity index is 1.54. The number of hydrogen-bond acceptors (Lipinski definition) is 3. The second-order valence-electron chi connectivity index (χ2n) is 8.67. The highest BCUT2D eigenvalue weighted by atomic mass is 35.5. The van der Waals surface area contributed by atoms with E-state index in [4.69, 9.17) is 28.3 Å². The first kappa shape index (κ1) is 23.3. The molecule has 4 aromatic rings. The first-order valence-corrected chi connectivity index (χ1v) is 13.3. The number of aromatic amines is 1. The molecule has 1 fully saturated rings. The van der Waals surface area contributed by atoms with Crippen LogP contribution in [-0.4, -0.2) is 36.0 Å². The van der Waals surface area contributed by atoms with Gasteiger partial charge < -0.3 is 0 Å². The lowest BCUT2D eigenvalue weighted by molar-refractivity contribution is 0.317. The third-order valence-electron chi connectivity index (χ3n) is 6.57. The average molecular weight is 515 g/mol. The summed E-state index contributed by atoms with van der Waals surface area (Å²) in [5.41, 5.74) is 5.30. The number of rotatable bonds is 5. The van der Waals surface area contributed by atoms with Gasteiger partial charge in [0, 0.05) is 46.1 Å². The van der Waals surface area contributed by atoms with Crippen molar-refractivity contribution in [3.63, 3.8) is 0 Å². The van der Waals surface area contributed by atoms with Crippen LogP contribution in [0.15, 0.2) is 66.7 Å². The summed E-state index contributed by atoms with van der Waals surface area (Å²) >= 11 is 12.3. The van der Waals surface area contributed by atoms with Crippen molar-refractivity contribution in [1.29, 1.82) is 0 Å². The molecule has 3 N–H and O–H groups in total. The smallest absolute Gasteiger partial charge is 0.276 e. The molecule has 176 valence electrons. The monoisotopic (exact) mass is 514 g/mol. The second kappa shape index (κ2) is 9.32. The van der Waals surface area contributed by atoms with Gasteiger partial charge >= 0.3 is 0 Å². The molecular formula is C25H24Cl2N4O2S. The highest BCUT2D eigenvalue weighted by Gasteiger charge is 2.28. The first-order valence-electron chi connectivity index (χ1n) is 11.1. The summed E-state index contributed by atoms with van der Waals surface area (Å²) in [6, 6.07) is 22.1. The van der Waals surface area contributed by atoms with E-state index in [1.54, 1.807) is 0 Å². The maximum Gasteiger partial charge on any atom is 0.276 e. The van der Waals surface area contributed by atoms with Gasteiger partial charge in [0.2, 0.25) is 0 Å². The van der Waals surface area contributed by atoms with E-state index in [1.165, 1.54) is 4.31 Å². The van der Waals surface area contributed by atoms with Crippen LogP contribution in [0.5, 0.6) is 0 Å². The van der Waals surface area contributed by atoms with Gasteiger partial charge in [-0.15, -0.1) is 0 Å². The lowest BCUT2D eigenvalue weighted by Crippen LogP contribution is -2.41. The normalized spacial score (nSPS) is 15.9. The maximum atomic E-state index is 11.7. The molecule has 0 aliphatic carbocycles. The summed E-state index contributed by atoms with van der Waals surface area (Å²) in [6.45, 7) is 0.809. The molecule has 34 heavy (non-hydrogen) atoms. The number of benzene rings is 3. The molecule has 1 aromatic heterocycles. The van der Waals surface area contributed by atoms with Crippen molar-refractivity contribution in [3.05, 3.63) is 99.2 Å². The molecule has 0 amide bonds. The van der Waals surface area contributed by atoms with Crippen molar-refractivity contribution in [2.45, 2.75) is 24.7 Å². The fraction of sp³-hybridized carbons (Fsp3) is 0.240. The zero-order valence-electron chi connectivity index (χ0n) is 18.3. The number of nitrogens with one attached hydrogen (secondary N) is 1. The summed E-state index contributed by atoms with van der Waals surface area (Å²) in [5, 5.41) is 15.5. The van der Waals surface area contributed by atoms with E-state index in [2.05, 4.69) is 22.3 Å². The first-order chi connectivity index (χ1) is 16.3. The molecule has 2 heterocycles. The maximum absolute atomic E-state index is 11.7. The van der Waals surface area contributed by atoms with Gasteiger partial charge in [0.1, 0.15) is 0 Å². The minimum atomic E-state index is -3.66. The summed E-state index contributed by atoms with van der Waals surface area (Å²) in [7, 11) is -3.66. The predicted molar refractivity (Wildman–Crippen MR) is 137 cm³/mol. The lowest BCUT2D eigenvalue weighted by atomic mass is 9.84. The van der Waals surface area contributed by atoms with Gasteiger partial charge in [-0.2, -0.15) is 17.8 Å². The van der Waals surface area contributed by atoms with E-state index in [1.807, 2.05) is 54.6 Å². The van der Waals surface area contributed by atoms with E-state index < -0.39 is 10.2 Å². The Morgan fingerprint density at radius 1 is 0.882 bits per heavy atom. The SMILES string of the molecule is NS(=O)(=O)N1CCC(c2[nH]nc3ccc(C(c4ccc(Cl)cc4)c4ccc(Cl)cc4)cc23)CC1. The van der Waals surface area contributed by atoms with Crippen molar-refractivity contribution in [2.24, 2.45) is 5.14 Å². The van der Waals surface area contributed by atoms with E-state index in [-0.39, 0.29) is 11.8 Å².